The van der Waals surface area contributed by atoms with Crippen LogP contribution in [-0.4, -0.2) is 19.9 Å². The SMILES string of the molecule is NCCc1cc2c(S(N)(=O)=O)cccc2c(Cl)n1. The second-order valence-electron chi connectivity index (χ2n) is 3.84. The van der Waals surface area contributed by atoms with Crippen LogP contribution in [0.2, 0.25) is 5.15 Å². The summed E-state index contributed by atoms with van der Waals surface area (Å²) in [4.78, 5) is 4.21. The molecule has 0 radical (unpaired) electrons. The predicted octanol–water partition coefficient (Wildman–Crippen LogP) is 1.04. The fraction of sp³-hybridized carbons (Fsp3) is 0.182. The second-order valence-corrected chi connectivity index (χ2v) is 5.73. The Labute approximate surface area is 110 Å². The van der Waals surface area contributed by atoms with Crippen molar-refractivity contribution in [3.8, 4) is 0 Å². The zero-order valence-electron chi connectivity index (χ0n) is 9.43. The third-order valence-electron chi connectivity index (χ3n) is 2.55. The third-order valence-corrected chi connectivity index (χ3v) is 3.81. The van der Waals surface area contributed by atoms with Crippen molar-refractivity contribution in [2.45, 2.75) is 11.3 Å². The zero-order chi connectivity index (χ0) is 13.3. The van der Waals surface area contributed by atoms with Crippen molar-refractivity contribution in [3.63, 3.8) is 0 Å². The highest BCUT2D eigenvalue weighted by atomic mass is 35.5. The molecule has 0 spiro atoms. The number of nitrogens with two attached hydrogens (primary N) is 2. The molecule has 1 aromatic heterocycles. The van der Waals surface area contributed by atoms with E-state index in [1.54, 1.807) is 18.2 Å². The van der Waals surface area contributed by atoms with Gasteiger partial charge in [-0.25, -0.2) is 18.5 Å². The summed E-state index contributed by atoms with van der Waals surface area (Å²) in [5.74, 6) is 0. The Morgan fingerprint density at radius 1 is 1.28 bits per heavy atom. The van der Waals surface area contributed by atoms with Gasteiger partial charge in [0.05, 0.1) is 4.90 Å². The van der Waals surface area contributed by atoms with E-state index < -0.39 is 10.0 Å². The van der Waals surface area contributed by atoms with Crippen molar-refractivity contribution in [3.05, 3.63) is 35.1 Å². The van der Waals surface area contributed by atoms with E-state index in [0.29, 0.717) is 29.4 Å². The maximum Gasteiger partial charge on any atom is 0.238 e. The molecule has 4 N–H and O–H groups in total. The normalized spacial score (nSPS) is 11.9. The van der Waals surface area contributed by atoms with E-state index in [-0.39, 0.29) is 10.0 Å². The van der Waals surface area contributed by atoms with Crippen LogP contribution in [-0.2, 0) is 16.4 Å². The van der Waals surface area contributed by atoms with E-state index in [1.165, 1.54) is 6.07 Å². The van der Waals surface area contributed by atoms with Crippen LogP contribution in [0.25, 0.3) is 10.8 Å². The molecular formula is C11H12ClN3O2S. The highest BCUT2D eigenvalue weighted by molar-refractivity contribution is 7.89. The van der Waals surface area contributed by atoms with Crippen LogP contribution in [0, 0.1) is 0 Å². The molecule has 0 bridgehead atoms. The lowest BCUT2D eigenvalue weighted by Crippen LogP contribution is -2.13. The van der Waals surface area contributed by atoms with E-state index in [1.807, 2.05) is 0 Å². The molecule has 18 heavy (non-hydrogen) atoms. The second kappa shape index (κ2) is 4.81. The molecule has 2 rings (SSSR count). The Bertz CT molecular complexity index is 701. The molecule has 0 saturated heterocycles. The maximum absolute atomic E-state index is 11.5. The largest absolute Gasteiger partial charge is 0.330 e. The number of benzene rings is 1. The molecule has 0 atom stereocenters. The van der Waals surface area contributed by atoms with E-state index in [0.717, 1.165) is 0 Å². The number of nitrogens with zero attached hydrogens (tertiary/aromatic N) is 1. The quantitative estimate of drug-likeness (QED) is 0.823. The van der Waals surface area contributed by atoms with Gasteiger partial charge in [-0.05, 0) is 18.7 Å². The maximum atomic E-state index is 11.5. The number of rotatable bonds is 3. The first-order valence-corrected chi connectivity index (χ1v) is 7.17. The summed E-state index contributed by atoms with van der Waals surface area (Å²) in [5, 5.41) is 6.47. The van der Waals surface area contributed by atoms with Crippen LogP contribution >= 0.6 is 11.6 Å². The van der Waals surface area contributed by atoms with Gasteiger partial charge in [0, 0.05) is 22.9 Å². The van der Waals surface area contributed by atoms with Crippen molar-refractivity contribution >= 4 is 32.4 Å². The lowest BCUT2D eigenvalue weighted by atomic mass is 10.1. The van der Waals surface area contributed by atoms with Crippen LogP contribution < -0.4 is 10.9 Å². The summed E-state index contributed by atoms with van der Waals surface area (Å²) >= 11 is 6.03. The molecule has 5 nitrogen and oxygen atoms in total. The van der Waals surface area contributed by atoms with E-state index in [2.05, 4.69) is 4.98 Å². The summed E-state index contributed by atoms with van der Waals surface area (Å²) in [6, 6.07) is 6.39. The summed E-state index contributed by atoms with van der Waals surface area (Å²) in [5.41, 5.74) is 6.10. The molecule has 2 aromatic rings. The van der Waals surface area contributed by atoms with Crippen LogP contribution in [0.4, 0.5) is 0 Å². The van der Waals surface area contributed by atoms with Gasteiger partial charge in [0.25, 0.3) is 0 Å². The molecule has 0 amide bonds. The highest BCUT2D eigenvalue weighted by Gasteiger charge is 2.14. The Kier molecular flexibility index (Phi) is 3.54. The number of fused-ring (bicyclic) bond motifs is 1. The third kappa shape index (κ3) is 2.46. The minimum absolute atomic E-state index is 0.0440. The monoisotopic (exact) mass is 285 g/mol. The number of hydrogen-bond donors (Lipinski definition) is 2. The molecule has 0 aliphatic heterocycles. The van der Waals surface area contributed by atoms with Gasteiger partial charge >= 0.3 is 0 Å². The average molecular weight is 286 g/mol. The molecular weight excluding hydrogens is 274 g/mol. The smallest absolute Gasteiger partial charge is 0.238 e. The first-order chi connectivity index (χ1) is 8.43. The number of pyridine rings is 1. The van der Waals surface area contributed by atoms with Gasteiger partial charge in [0.1, 0.15) is 5.15 Å². The van der Waals surface area contributed by atoms with Crippen molar-refractivity contribution in [1.29, 1.82) is 0 Å². The summed E-state index contributed by atoms with van der Waals surface area (Å²) in [6.45, 7) is 0.409. The van der Waals surface area contributed by atoms with Crippen LogP contribution in [0.15, 0.2) is 29.2 Å². The number of primary sulfonamides is 1. The minimum Gasteiger partial charge on any atom is -0.330 e. The van der Waals surface area contributed by atoms with Crippen LogP contribution in [0.3, 0.4) is 0 Å². The lowest BCUT2D eigenvalue weighted by Gasteiger charge is -2.08. The summed E-state index contributed by atoms with van der Waals surface area (Å²) in [7, 11) is -3.80. The van der Waals surface area contributed by atoms with E-state index in [4.69, 9.17) is 22.5 Å². The van der Waals surface area contributed by atoms with E-state index in [9.17, 15) is 8.42 Å². The number of hydrogen-bond acceptors (Lipinski definition) is 4. The van der Waals surface area contributed by atoms with Gasteiger partial charge in [-0.2, -0.15) is 0 Å². The molecule has 7 heteroatoms. The number of aromatic nitrogens is 1. The molecule has 96 valence electrons. The molecule has 1 aromatic carbocycles. The van der Waals surface area contributed by atoms with Crippen molar-refractivity contribution in [2.24, 2.45) is 10.9 Å². The molecule has 0 fully saturated rings. The predicted molar refractivity (Wildman–Crippen MR) is 70.9 cm³/mol. The Morgan fingerprint density at radius 3 is 2.61 bits per heavy atom. The van der Waals surface area contributed by atoms with Crippen molar-refractivity contribution in [2.75, 3.05) is 6.54 Å². The van der Waals surface area contributed by atoms with Crippen LogP contribution in [0.5, 0.6) is 0 Å². The van der Waals surface area contributed by atoms with Gasteiger partial charge in [-0.15, -0.1) is 0 Å². The fourth-order valence-electron chi connectivity index (χ4n) is 1.78. The molecule has 0 unspecified atom stereocenters. The van der Waals surface area contributed by atoms with Gasteiger partial charge in [-0.3, -0.25) is 0 Å². The van der Waals surface area contributed by atoms with Gasteiger partial charge in [0.15, 0.2) is 0 Å². The molecule has 0 aliphatic carbocycles. The van der Waals surface area contributed by atoms with Crippen LogP contribution in [0.1, 0.15) is 5.69 Å². The fourth-order valence-corrected chi connectivity index (χ4v) is 2.80. The highest BCUT2D eigenvalue weighted by Crippen LogP contribution is 2.27. The first kappa shape index (κ1) is 13.2. The standard InChI is InChI=1S/C11H12ClN3O2S/c12-11-8-2-1-3-10(18(14,16)17)9(8)6-7(15-11)4-5-13/h1-3,6H,4-5,13H2,(H2,14,16,17). The van der Waals surface area contributed by atoms with Gasteiger partial charge in [-0.1, -0.05) is 23.7 Å². The Balaban J connectivity index is 2.82. The number of halogens is 1. The van der Waals surface area contributed by atoms with Gasteiger partial charge in [0.2, 0.25) is 10.0 Å². The van der Waals surface area contributed by atoms with Gasteiger partial charge < -0.3 is 5.73 Å². The average Bonchev–Trinajstić information content (AvgIpc) is 2.27. The molecule has 0 saturated carbocycles. The number of sulfonamides is 1. The Morgan fingerprint density at radius 2 is 2.00 bits per heavy atom. The molecule has 0 aliphatic rings. The zero-order valence-corrected chi connectivity index (χ0v) is 11.0. The van der Waals surface area contributed by atoms with Crippen molar-refractivity contribution < 1.29 is 8.42 Å². The summed E-state index contributed by atoms with van der Waals surface area (Å²) < 4.78 is 23.0. The van der Waals surface area contributed by atoms with Crippen molar-refractivity contribution in [1.82, 2.24) is 4.98 Å². The topological polar surface area (TPSA) is 99.1 Å². The minimum atomic E-state index is -3.80. The first-order valence-electron chi connectivity index (χ1n) is 5.24. The Hall–Kier alpha value is -1.21. The molecule has 1 heterocycles. The summed E-state index contributed by atoms with van der Waals surface area (Å²) in [6.07, 6.45) is 0.522. The van der Waals surface area contributed by atoms with E-state index >= 15 is 0 Å². The lowest BCUT2D eigenvalue weighted by molar-refractivity contribution is 0.598.